The number of hydrogen-bond donors (Lipinski definition) is 0. The number of carbonyl (C=O) groups excluding carboxylic acids is 2. The molecule has 0 spiro atoms. The van der Waals surface area contributed by atoms with E-state index in [1.807, 2.05) is 42.5 Å². The van der Waals surface area contributed by atoms with Crippen molar-refractivity contribution in [1.29, 1.82) is 0 Å². The molecule has 1 aromatic carbocycles. The number of carbonyl (C=O) groups is 2. The van der Waals surface area contributed by atoms with Crippen molar-refractivity contribution in [1.82, 2.24) is 0 Å². The van der Waals surface area contributed by atoms with E-state index in [1.54, 1.807) is 13.8 Å². The topological polar surface area (TPSA) is 52.6 Å². The van der Waals surface area contributed by atoms with Crippen molar-refractivity contribution < 1.29 is 19.1 Å². The molecule has 1 atom stereocenters. The SMILES string of the molecule is C=C(C)C(=O)OCCCC(C=Cc1ccccc1)OC(=O)C(=C)C. The van der Waals surface area contributed by atoms with Crippen molar-refractivity contribution in [3.05, 3.63) is 66.3 Å². The number of esters is 2. The summed E-state index contributed by atoms with van der Waals surface area (Å²) in [5.74, 6) is -0.845. The van der Waals surface area contributed by atoms with Crippen molar-refractivity contribution in [2.75, 3.05) is 6.61 Å². The van der Waals surface area contributed by atoms with Crippen LogP contribution in [-0.4, -0.2) is 24.6 Å². The van der Waals surface area contributed by atoms with Crippen LogP contribution in [0.2, 0.25) is 0 Å². The average molecular weight is 328 g/mol. The lowest BCUT2D eigenvalue weighted by Gasteiger charge is -2.14. The summed E-state index contributed by atoms with van der Waals surface area (Å²) in [4.78, 5) is 23.1. The molecule has 0 radical (unpaired) electrons. The van der Waals surface area contributed by atoms with Gasteiger partial charge in [-0.05, 0) is 38.3 Å². The molecule has 0 aromatic heterocycles. The van der Waals surface area contributed by atoms with E-state index in [1.165, 1.54) is 0 Å². The van der Waals surface area contributed by atoms with E-state index < -0.39 is 18.0 Å². The van der Waals surface area contributed by atoms with Gasteiger partial charge in [-0.2, -0.15) is 0 Å². The molecule has 0 aliphatic carbocycles. The van der Waals surface area contributed by atoms with Gasteiger partial charge in [0.2, 0.25) is 0 Å². The Balaban J connectivity index is 2.59. The van der Waals surface area contributed by atoms with Crippen LogP contribution in [-0.2, 0) is 19.1 Å². The Bertz CT molecular complexity index is 614. The van der Waals surface area contributed by atoms with Crippen molar-refractivity contribution in [3.8, 4) is 0 Å². The summed E-state index contributed by atoms with van der Waals surface area (Å²) in [6.07, 6.45) is 4.45. The van der Waals surface area contributed by atoms with E-state index in [4.69, 9.17) is 9.47 Å². The third-order valence-corrected chi connectivity index (χ3v) is 3.12. The molecule has 24 heavy (non-hydrogen) atoms. The maximum absolute atomic E-state index is 11.7. The maximum Gasteiger partial charge on any atom is 0.333 e. The summed E-state index contributed by atoms with van der Waals surface area (Å²) in [6, 6.07) is 9.73. The zero-order valence-corrected chi connectivity index (χ0v) is 14.3. The van der Waals surface area contributed by atoms with Gasteiger partial charge in [-0.25, -0.2) is 9.59 Å². The second-order valence-electron chi connectivity index (χ2n) is 5.55. The lowest BCUT2D eigenvalue weighted by molar-refractivity contribution is -0.143. The van der Waals surface area contributed by atoms with Gasteiger partial charge >= 0.3 is 11.9 Å². The van der Waals surface area contributed by atoms with Crippen LogP contribution in [0.4, 0.5) is 0 Å². The maximum atomic E-state index is 11.7. The largest absolute Gasteiger partial charge is 0.462 e. The first-order valence-electron chi connectivity index (χ1n) is 7.82. The fraction of sp³-hybridized carbons (Fsp3) is 0.300. The Kier molecular flexibility index (Phi) is 8.26. The van der Waals surface area contributed by atoms with Crippen LogP contribution in [0.25, 0.3) is 6.08 Å². The fourth-order valence-electron chi connectivity index (χ4n) is 1.79. The highest BCUT2D eigenvalue weighted by atomic mass is 16.5. The predicted octanol–water partition coefficient (Wildman–Crippen LogP) is 4.09. The molecule has 0 bridgehead atoms. The molecular weight excluding hydrogens is 304 g/mol. The highest BCUT2D eigenvalue weighted by Crippen LogP contribution is 2.11. The Hall–Kier alpha value is -2.62. The predicted molar refractivity (Wildman–Crippen MR) is 95.2 cm³/mol. The second kappa shape index (κ2) is 10.2. The molecule has 0 N–H and O–H groups in total. The molecule has 0 fully saturated rings. The third kappa shape index (κ3) is 7.58. The minimum absolute atomic E-state index is 0.256. The number of ether oxygens (including phenoxy) is 2. The Labute approximate surface area is 143 Å². The van der Waals surface area contributed by atoms with Crippen LogP contribution in [0.1, 0.15) is 32.3 Å². The summed E-state index contributed by atoms with van der Waals surface area (Å²) in [7, 11) is 0. The van der Waals surface area contributed by atoms with Gasteiger partial charge in [0.15, 0.2) is 0 Å². The lowest BCUT2D eigenvalue weighted by atomic mass is 10.1. The Morgan fingerprint density at radius 1 is 1.08 bits per heavy atom. The van der Waals surface area contributed by atoms with Crippen molar-refractivity contribution in [2.24, 2.45) is 0 Å². The van der Waals surface area contributed by atoms with E-state index in [0.717, 1.165) is 5.56 Å². The molecule has 0 aliphatic rings. The van der Waals surface area contributed by atoms with Gasteiger partial charge in [0.25, 0.3) is 0 Å². The third-order valence-electron chi connectivity index (χ3n) is 3.12. The fourth-order valence-corrected chi connectivity index (χ4v) is 1.79. The van der Waals surface area contributed by atoms with Gasteiger partial charge in [-0.1, -0.05) is 49.6 Å². The summed E-state index contributed by atoms with van der Waals surface area (Å²) in [6.45, 7) is 10.6. The summed E-state index contributed by atoms with van der Waals surface area (Å²) in [5.41, 5.74) is 1.73. The highest BCUT2D eigenvalue weighted by Gasteiger charge is 2.12. The van der Waals surface area contributed by atoms with Gasteiger partial charge in [-0.15, -0.1) is 0 Å². The lowest BCUT2D eigenvalue weighted by Crippen LogP contribution is -2.17. The molecule has 1 aromatic rings. The standard InChI is InChI=1S/C20H24O4/c1-15(2)19(21)23-14-8-11-18(24-20(22)16(3)4)13-12-17-9-6-5-7-10-17/h5-7,9-10,12-13,18H,1,3,8,11,14H2,2,4H3. The van der Waals surface area contributed by atoms with Crippen LogP contribution in [0, 0.1) is 0 Å². The Morgan fingerprint density at radius 3 is 2.29 bits per heavy atom. The monoisotopic (exact) mass is 328 g/mol. The normalized spacial score (nSPS) is 11.8. The zero-order valence-electron chi connectivity index (χ0n) is 14.3. The first-order valence-corrected chi connectivity index (χ1v) is 7.82. The molecular formula is C20H24O4. The molecule has 0 amide bonds. The average Bonchev–Trinajstić information content (AvgIpc) is 2.56. The van der Waals surface area contributed by atoms with Gasteiger partial charge in [0.05, 0.1) is 6.61 Å². The molecule has 0 saturated carbocycles. The van der Waals surface area contributed by atoms with E-state index in [0.29, 0.717) is 24.0 Å². The number of rotatable bonds is 9. The van der Waals surface area contributed by atoms with E-state index in [2.05, 4.69) is 13.2 Å². The summed E-state index contributed by atoms with van der Waals surface area (Å²) >= 11 is 0. The molecule has 0 aliphatic heterocycles. The minimum atomic E-state index is -0.434. The van der Waals surface area contributed by atoms with Crippen molar-refractivity contribution in [3.63, 3.8) is 0 Å². The molecule has 0 heterocycles. The van der Waals surface area contributed by atoms with Crippen LogP contribution >= 0.6 is 0 Å². The van der Waals surface area contributed by atoms with Gasteiger partial charge in [0.1, 0.15) is 6.10 Å². The van der Waals surface area contributed by atoms with Crippen LogP contribution in [0.5, 0.6) is 0 Å². The minimum Gasteiger partial charge on any atom is -0.462 e. The van der Waals surface area contributed by atoms with E-state index >= 15 is 0 Å². The molecule has 1 rings (SSSR count). The first-order chi connectivity index (χ1) is 11.4. The zero-order chi connectivity index (χ0) is 17.9. The van der Waals surface area contributed by atoms with Crippen LogP contribution in [0.3, 0.4) is 0 Å². The van der Waals surface area contributed by atoms with Gasteiger partial charge in [0, 0.05) is 11.1 Å². The quantitative estimate of drug-likeness (QED) is 0.389. The molecule has 4 nitrogen and oxygen atoms in total. The summed E-state index contributed by atoms with van der Waals surface area (Å²) in [5, 5.41) is 0. The number of hydrogen-bond acceptors (Lipinski definition) is 4. The van der Waals surface area contributed by atoms with Crippen LogP contribution < -0.4 is 0 Å². The van der Waals surface area contributed by atoms with E-state index in [9.17, 15) is 9.59 Å². The molecule has 1 unspecified atom stereocenters. The second-order valence-corrected chi connectivity index (χ2v) is 5.55. The summed E-state index contributed by atoms with van der Waals surface area (Å²) < 4.78 is 10.5. The molecule has 128 valence electrons. The van der Waals surface area contributed by atoms with Gasteiger partial charge in [-0.3, -0.25) is 0 Å². The Morgan fingerprint density at radius 2 is 1.71 bits per heavy atom. The first kappa shape index (κ1) is 19.4. The smallest absolute Gasteiger partial charge is 0.333 e. The van der Waals surface area contributed by atoms with E-state index in [-0.39, 0.29) is 6.61 Å². The van der Waals surface area contributed by atoms with Crippen molar-refractivity contribution in [2.45, 2.75) is 32.8 Å². The van der Waals surface area contributed by atoms with Crippen molar-refractivity contribution >= 4 is 18.0 Å². The molecule has 4 heteroatoms. The van der Waals surface area contributed by atoms with Crippen LogP contribution in [0.15, 0.2) is 60.7 Å². The number of benzene rings is 1. The highest BCUT2D eigenvalue weighted by molar-refractivity contribution is 5.87. The van der Waals surface area contributed by atoms with Gasteiger partial charge < -0.3 is 9.47 Å². The molecule has 0 saturated heterocycles.